The van der Waals surface area contributed by atoms with E-state index in [0.717, 1.165) is 17.8 Å². The van der Waals surface area contributed by atoms with E-state index >= 15 is 0 Å². The molecule has 3 aromatic rings. The lowest BCUT2D eigenvalue weighted by Crippen LogP contribution is -2.38. The maximum atomic E-state index is 13.4. The predicted molar refractivity (Wildman–Crippen MR) is 151 cm³/mol. The van der Waals surface area contributed by atoms with Crippen LogP contribution in [0.4, 0.5) is 4.79 Å². The van der Waals surface area contributed by atoms with Gasteiger partial charge >= 0.3 is 6.03 Å². The van der Waals surface area contributed by atoms with Gasteiger partial charge in [-0.1, -0.05) is 20.3 Å². The molecule has 0 spiro atoms. The molecule has 6 bridgehead atoms. The number of nitrogens with one attached hydrogen (secondary N) is 4. The van der Waals surface area contributed by atoms with E-state index in [4.69, 9.17) is 4.42 Å². The number of thiazole rings is 2. The summed E-state index contributed by atoms with van der Waals surface area (Å²) in [5, 5.41) is 15.0. The van der Waals surface area contributed by atoms with E-state index in [1.807, 2.05) is 13.8 Å². The van der Waals surface area contributed by atoms with Crippen LogP contribution in [0, 0.1) is 12.8 Å². The summed E-state index contributed by atoms with van der Waals surface area (Å²) in [6.45, 7) is 7.25. The smallest absolute Gasteiger partial charge is 0.324 e. The highest BCUT2D eigenvalue weighted by atomic mass is 32.1. The lowest BCUT2D eigenvalue weighted by atomic mass is 9.99. The maximum absolute atomic E-state index is 13.4. The quantitative estimate of drug-likeness (QED) is 0.320. The van der Waals surface area contributed by atoms with Gasteiger partial charge in [-0.25, -0.2) is 19.7 Å². The minimum absolute atomic E-state index is 0.0195. The van der Waals surface area contributed by atoms with Crippen LogP contribution in [-0.4, -0.2) is 62.6 Å². The number of amides is 6. The van der Waals surface area contributed by atoms with Crippen molar-refractivity contribution >= 4 is 52.3 Å². The number of imide groups is 1. The second-order valence-electron chi connectivity index (χ2n) is 10.3. The molecule has 0 saturated carbocycles. The monoisotopic (exact) mass is 614 g/mol. The molecule has 16 heteroatoms. The number of urea groups is 1. The first-order chi connectivity index (χ1) is 20.0. The van der Waals surface area contributed by atoms with Gasteiger partial charge in [-0.3, -0.25) is 24.5 Å². The average Bonchev–Trinajstić information content (AvgIpc) is 3.75. The van der Waals surface area contributed by atoms with Crippen LogP contribution in [0.2, 0.25) is 0 Å². The van der Waals surface area contributed by atoms with Gasteiger partial charge in [0.05, 0.1) is 12.1 Å². The normalized spacial score (nSPS) is 23.9. The van der Waals surface area contributed by atoms with E-state index in [-0.39, 0.29) is 35.3 Å². The molecule has 5 rings (SSSR count). The fourth-order valence-corrected chi connectivity index (χ4v) is 6.50. The van der Waals surface area contributed by atoms with Gasteiger partial charge < -0.3 is 25.3 Å². The number of fused-ring (bicyclic) bond motifs is 6. The summed E-state index contributed by atoms with van der Waals surface area (Å²) in [5.41, 5.74) is 0.288. The van der Waals surface area contributed by atoms with Crippen molar-refractivity contribution in [3.63, 3.8) is 0 Å². The van der Waals surface area contributed by atoms with Crippen molar-refractivity contribution in [1.82, 2.24) is 41.1 Å². The van der Waals surface area contributed by atoms with E-state index in [0.29, 0.717) is 15.8 Å². The Morgan fingerprint density at radius 2 is 1.60 bits per heavy atom. The topological polar surface area (TPSA) is 189 Å². The highest BCUT2D eigenvalue weighted by molar-refractivity contribution is 7.10. The Labute approximate surface area is 248 Å². The predicted octanol–water partition coefficient (Wildman–Crippen LogP) is 2.63. The molecule has 2 aliphatic rings. The van der Waals surface area contributed by atoms with Crippen LogP contribution >= 0.6 is 22.7 Å². The van der Waals surface area contributed by atoms with Gasteiger partial charge in [-0.15, -0.1) is 22.7 Å². The number of aryl methyl sites for hydroxylation is 1. The van der Waals surface area contributed by atoms with Gasteiger partial charge in [-0.05, 0) is 19.8 Å². The molecule has 3 aromatic heterocycles. The molecular formula is C26H30N8O6S2. The molecule has 1 fully saturated rings. The van der Waals surface area contributed by atoms with Gasteiger partial charge in [0.15, 0.2) is 5.69 Å². The highest BCUT2D eigenvalue weighted by Gasteiger charge is 2.39. The summed E-state index contributed by atoms with van der Waals surface area (Å²) in [6.07, 6.45) is 0.744. The molecule has 0 aliphatic carbocycles. The minimum atomic E-state index is -0.861. The molecular weight excluding hydrogens is 584 g/mol. The van der Waals surface area contributed by atoms with Crippen LogP contribution < -0.4 is 21.3 Å². The second kappa shape index (κ2) is 11.6. The van der Waals surface area contributed by atoms with Gasteiger partial charge in [0.25, 0.3) is 23.6 Å². The third-order valence-electron chi connectivity index (χ3n) is 7.40. The fraction of sp³-hybridized carbons (Fsp3) is 0.462. The number of oxazole rings is 1. The van der Waals surface area contributed by atoms with Gasteiger partial charge in [0.1, 0.15) is 39.2 Å². The molecule has 0 radical (unpaired) electrons. The average molecular weight is 615 g/mol. The Balaban J connectivity index is 1.55. The summed E-state index contributed by atoms with van der Waals surface area (Å²) >= 11 is 2.37. The number of nitrogens with zero attached hydrogens (tertiary/aromatic N) is 4. The minimum Gasteiger partial charge on any atom is -0.443 e. The van der Waals surface area contributed by atoms with Crippen molar-refractivity contribution in [3.05, 3.63) is 49.5 Å². The number of likely N-dealkylation sites (N-methyl/N-ethyl adjacent to an activating group) is 1. The van der Waals surface area contributed by atoms with E-state index in [1.54, 1.807) is 19.2 Å². The standard InChI is InChI=1S/C26H30N8O6S2/c1-6-10(2)17-25-30-15(9-42-25)20(36)28-13(7-16-21(37)33-26(39)34(16)5)24-29-14(8-41-24)19(35)27-11(3)23-32-18(12(4)40-23)22(38)31-17/h8-11,13,16-17H,6-7H2,1-5H3,(H,27,35)(H,28,36)(H,31,38)(H,33,37,39)/t10-,11-,13-,16?,17-/m0/s1. The number of rotatable bonds is 4. The summed E-state index contributed by atoms with van der Waals surface area (Å²) in [4.78, 5) is 79.0. The number of carbonyl (C=O) groups excluding carboxylic acids is 5. The van der Waals surface area contributed by atoms with Gasteiger partial charge in [-0.2, -0.15) is 0 Å². The summed E-state index contributed by atoms with van der Waals surface area (Å²) < 4.78 is 5.74. The van der Waals surface area contributed by atoms with E-state index in [1.165, 1.54) is 28.7 Å². The molecule has 14 nitrogen and oxygen atoms in total. The zero-order chi connectivity index (χ0) is 30.3. The van der Waals surface area contributed by atoms with Crippen molar-refractivity contribution in [3.8, 4) is 0 Å². The van der Waals surface area contributed by atoms with Crippen LogP contribution in [0.15, 0.2) is 15.2 Å². The third kappa shape index (κ3) is 5.63. The van der Waals surface area contributed by atoms with E-state index < -0.39 is 53.8 Å². The van der Waals surface area contributed by atoms with Crippen molar-refractivity contribution in [1.29, 1.82) is 0 Å². The SMILES string of the molecule is CC[C@H](C)[C@@H]1NC(=O)c2nc(oc2C)[C@H](C)NC(=O)c2csc(n2)[C@H](CC2C(=O)NC(=O)N2C)NC(=O)c2csc1n2. The molecule has 5 atom stereocenters. The molecule has 1 unspecified atom stereocenters. The number of aromatic nitrogens is 3. The van der Waals surface area contributed by atoms with Crippen LogP contribution in [0.5, 0.6) is 0 Å². The Morgan fingerprint density at radius 1 is 0.952 bits per heavy atom. The van der Waals surface area contributed by atoms with Gasteiger partial charge in [0.2, 0.25) is 5.89 Å². The Hall–Kier alpha value is -4.18. The Kier molecular flexibility index (Phi) is 8.10. The number of hydrogen-bond donors (Lipinski definition) is 4. The first-order valence-electron chi connectivity index (χ1n) is 13.3. The number of carbonyl (C=O) groups is 5. The molecule has 4 N–H and O–H groups in total. The van der Waals surface area contributed by atoms with Gasteiger partial charge in [0, 0.05) is 24.2 Å². The summed E-state index contributed by atoms with van der Waals surface area (Å²) in [7, 11) is 1.49. The zero-order valence-corrected chi connectivity index (χ0v) is 25.1. The van der Waals surface area contributed by atoms with Crippen LogP contribution in [0.1, 0.15) is 105 Å². The molecule has 42 heavy (non-hydrogen) atoms. The van der Waals surface area contributed by atoms with E-state index in [2.05, 4.69) is 36.2 Å². The summed E-state index contributed by atoms with van der Waals surface area (Å²) in [5.74, 6) is -1.59. The lowest BCUT2D eigenvalue weighted by Gasteiger charge is -2.23. The first kappa shape index (κ1) is 29.3. The van der Waals surface area contributed by atoms with Crippen LogP contribution in [0.25, 0.3) is 0 Å². The Bertz CT molecular complexity index is 1560. The molecule has 1 saturated heterocycles. The Morgan fingerprint density at radius 3 is 2.24 bits per heavy atom. The summed E-state index contributed by atoms with van der Waals surface area (Å²) in [6, 6.07) is -3.43. The number of hydrogen-bond acceptors (Lipinski definition) is 11. The zero-order valence-electron chi connectivity index (χ0n) is 23.5. The molecule has 6 amide bonds. The largest absolute Gasteiger partial charge is 0.443 e. The van der Waals surface area contributed by atoms with Crippen molar-refractivity contribution in [2.45, 2.75) is 64.7 Å². The molecule has 2 aliphatic heterocycles. The van der Waals surface area contributed by atoms with Crippen molar-refractivity contribution < 1.29 is 28.4 Å². The third-order valence-corrected chi connectivity index (χ3v) is 9.29. The first-order valence-corrected chi connectivity index (χ1v) is 15.1. The highest BCUT2D eigenvalue weighted by Crippen LogP contribution is 2.30. The van der Waals surface area contributed by atoms with Crippen LogP contribution in [-0.2, 0) is 4.79 Å². The van der Waals surface area contributed by atoms with Crippen molar-refractivity contribution in [2.75, 3.05) is 7.05 Å². The van der Waals surface area contributed by atoms with Crippen LogP contribution in [0.3, 0.4) is 0 Å². The van der Waals surface area contributed by atoms with Crippen molar-refractivity contribution in [2.24, 2.45) is 5.92 Å². The lowest BCUT2D eigenvalue weighted by molar-refractivity contribution is -0.121. The molecule has 5 heterocycles. The fourth-order valence-electron chi connectivity index (χ4n) is 4.66. The maximum Gasteiger partial charge on any atom is 0.324 e. The molecule has 0 aromatic carbocycles. The molecule has 222 valence electrons. The van der Waals surface area contributed by atoms with E-state index in [9.17, 15) is 24.0 Å². The second-order valence-corrected chi connectivity index (χ2v) is 12.1.